The maximum absolute atomic E-state index is 11.7. The molecule has 0 bridgehead atoms. The number of carbonyl (C=O) groups excluding carboxylic acids is 2. The molecule has 18 heavy (non-hydrogen) atoms. The van der Waals surface area contributed by atoms with Crippen molar-refractivity contribution in [3.8, 4) is 0 Å². The lowest BCUT2D eigenvalue weighted by Gasteiger charge is -2.20. The average Bonchev–Trinajstić information content (AvgIpc) is 2.23. The standard InChI is InChI=1S/C12H16BrN3O2/c1-12(2,3)16-10(17)7-15-11(18)8-4-5-14-9(13)6-8/h4-6H,7H2,1-3H3,(H,15,18)(H,16,17). The second-order valence-electron chi connectivity index (χ2n) is 4.85. The van der Waals surface area contributed by atoms with Crippen LogP contribution < -0.4 is 10.6 Å². The van der Waals surface area contributed by atoms with E-state index in [1.165, 1.54) is 6.20 Å². The Bertz CT molecular complexity index is 455. The van der Waals surface area contributed by atoms with Gasteiger partial charge in [0, 0.05) is 17.3 Å². The Morgan fingerprint density at radius 3 is 2.61 bits per heavy atom. The summed E-state index contributed by atoms with van der Waals surface area (Å²) < 4.78 is 0.578. The van der Waals surface area contributed by atoms with Crippen molar-refractivity contribution in [2.75, 3.05) is 6.54 Å². The van der Waals surface area contributed by atoms with E-state index in [1.807, 2.05) is 20.8 Å². The predicted octanol–water partition coefficient (Wildman–Crippen LogP) is 1.49. The molecule has 1 rings (SSSR count). The van der Waals surface area contributed by atoms with Crippen LogP contribution in [0.15, 0.2) is 22.9 Å². The minimum absolute atomic E-state index is 0.0456. The zero-order valence-corrected chi connectivity index (χ0v) is 12.2. The van der Waals surface area contributed by atoms with Gasteiger partial charge in [-0.3, -0.25) is 9.59 Å². The molecule has 0 unspecified atom stereocenters. The van der Waals surface area contributed by atoms with E-state index < -0.39 is 0 Å². The highest BCUT2D eigenvalue weighted by atomic mass is 79.9. The van der Waals surface area contributed by atoms with E-state index >= 15 is 0 Å². The van der Waals surface area contributed by atoms with Crippen molar-refractivity contribution in [1.29, 1.82) is 0 Å². The molecule has 1 heterocycles. The number of hydrogen-bond acceptors (Lipinski definition) is 3. The van der Waals surface area contributed by atoms with Gasteiger partial charge in [0.05, 0.1) is 6.54 Å². The highest BCUT2D eigenvalue weighted by molar-refractivity contribution is 9.10. The van der Waals surface area contributed by atoms with Gasteiger partial charge in [-0.25, -0.2) is 4.98 Å². The van der Waals surface area contributed by atoms with Crippen LogP contribution in [-0.4, -0.2) is 28.9 Å². The fraction of sp³-hybridized carbons (Fsp3) is 0.417. The molecule has 6 heteroatoms. The Kier molecular flexibility index (Phi) is 4.84. The van der Waals surface area contributed by atoms with Gasteiger partial charge in [-0.1, -0.05) is 0 Å². The van der Waals surface area contributed by atoms with E-state index in [-0.39, 0.29) is 23.9 Å². The highest BCUT2D eigenvalue weighted by Gasteiger charge is 2.14. The molecule has 0 saturated carbocycles. The van der Waals surface area contributed by atoms with Gasteiger partial charge < -0.3 is 10.6 Å². The van der Waals surface area contributed by atoms with Crippen molar-refractivity contribution in [3.63, 3.8) is 0 Å². The molecule has 0 aliphatic carbocycles. The van der Waals surface area contributed by atoms with Gasteiger partial charge in [0.25, 0.3) is 5.91 Å². The molecule has 0 aliphatic heterocycles. The van der Waals surface area contributed by atoms with Crippen LogP contribution in [0.2, 0.25) is 0 Å². The van der Waals surface area contributed by atoms with Crippen molar-refractivity contribution < 1.29 is 9.59 Å². The van der Waals surface area contributed by atoms with Gasteiger partial charge in [-0.2, -0.15) is 0 Å². The topological polar surface area (TPSA) is 71.1 Å². The fourth-order valence-corrected chi connectivity index (χ4v) is 1.63. The van der Waals surface area contributed by atoms with Crippen LogP contribution in [0.5, 0.6) is 0 Å². The lowest BCUT2D eigenvalue weighted by Crippen LogP contribution is -2.45. The van der Waals surface area contributed by atoms with E-state index in [0.29, 0.717) is 10.2 Å². The zero-order chi connectivity index (χ0) is 13.8. The second kappa shape index (κ2) is 5.95. The average molecular weight is 314 g/mol. The Labute approximate surface area is 114 Å². The highest BCUT2D eigenvalue weighted by Crippen LogP contribution is 2.07. The first-order valence-corrected chi connectivity index (χ1v) is 6.28. The molecule has 0 atom stereocenters. The van der Waals surface area contributed by atoms with Gasteiger partial charge in [0.2, 0.25) is 5.91 Å². The molecule has 1 aromatic heterocycles. The van der Waals surface area contributed by atoms with Crippen molar-refractivity contribution >= 4 is 27.7 Å². The summed E-state index contributed by atoms with van der Waals surface area (Å²) in [5, 5.41) is 5.31. The molecule has 0 fully saturated rings. The molecule has 2 N–H and O–H groups in total. The van der Waals surface area contributed by atoms with Crippen LogP contribution in [0.3, 0.4) is 0 Å². The third kappa shape index (κ3) is 5.27. The summed E-state index contributed by atoms with van der Waals surface area (Å²) in [7, 11) is 0. The van der Waals surface area contributed by atoms with Crippen LogP contribution >= 0.6 is 15.9 Å². The minimum atomic E-state index is -0.304. The number of rotatable bonds is 3. The van der Waals surface area contributed by atoms with Gasteiger partial charge in [0.15, 0.2) is 0 Å². The van der Waals surface area contributed by atoms with Crippen LogP contribution in [0.1, 0.15) is 31.1 Å². The van der Waals surface area contributed by atoms with Crippen molar-refractivity contribution in [2.24, 2.45) is 0 Å². The molecule has 0 aliphatic rings. The molecule has 1 aromatic rings. The molecule has 0 aromatic carbocycles. The molecule has 98 valence electrons. The first-order chi connectivity index (χ1) is 8.28. The Hall–Kier alpha value is -1.43. The quantitative estimate of drug-likeness (QED) is 0.831. The number of nitrogens with one attached hydrogen (secondary N) is 2. The third-order valence-electron chi connectivity index (χ3n) is 1.91. The van der Waals surface area contributed by atoms with Crippen molar-refractivity contribution in [1.82, 2.24) is 15.6 Å². The van der Waals surface area contributed by atoms with E-state index in [0.717, 1.165) is 0 Å². The van der Waals surface area contributed by atoms with Crippen LogP contribution in [0.25, 0.3) is 0 Å². The maximum atomic E-state index is 11.7. The summed E-state index contributed by atoms with van der Waals surface area (Å²) in [6, 6.07) is 3.18. The Morgan fingerprint density at radius 2 is 2.06 bits per heavy atom. The molecular weight excluding hydrogens is 298 g/mol. The van der Waals surface area contributed by atoms with Crippen LogP contribution in [-0.2, 0) is 4.79 Å². The summed E-state index contributed by atoms with van der Waals surface area (Å²) in [6.07, 6.45) is 1.52. The third-order valence-corrected chi connectivity index (χ3v) is 2.35. The molecular formula is C12H16BrN3O2. The van der Waals surface area contributed by atoms with E-state index in [9.17, 15) is 9.59 Å². The lowest BCUT2D eigenvalue weighted by molar-refractivity contribution is -0.121. The van der Waals surface area contributed by atoms with Crippen LogP contribution in [0, 0.1) is 0 Å². The van der Waals surface area contributed by atoms with Gasteiger partial charge in [-0.05, 0) is 48.8 Å². The largest absolute Gasteiger partial charge is 0.350 e. The van der Waals surface area contributed by atoms with Crippen molar-refractivity contribution in [2.45, 2.75) is 26.3 Å². The number of pyridine rings is 1. The number of halogens is 1. The zero-order valence-electron chi connectivity index (χ0n) is 10.6. The van der Waals surface area contributed by atoms with E-state index in [2.05, 4.69) is 31.5 Å². The SMILES string of the molecule is CC(C)(C)NC(=O)CNC(=O)c1ccnc(Br)c1. The normalized spacial score (nSPS) is 10.9. The molecule has 0 spiro atoms. The number of aromatic nitrogens is 1. The summed E-state index contributed by atoms with van der Waals surface area (Å²) in [6.45, 7) is 5.60. The summed E-state index contributed by atoms with van der Waals surface area (Å²) >= 11 is 3.18. The first-order valence-electron chi connectivity index (χ1n) is 5.49. The lowest BCUT2D eigenvalue weighted by atomic mass is 10.1. The molecule has 5 nitrogen and oxygen atoms in total. The second-order valence-corrected chi connectivity index (χ2v) is 5.66. The summed E-state index contributed by atoms with van der Waals surface area (Å²) in [5.74, 6) is -0.522. The molecule has 0 radical (unpaired) electrons. The smallest absolute Gasteiger partial charge is 0.251 e. The van der Waals surface area contributed by atoms with Crippen molar-refractivity contribution in [3.05, 3.63) is 28.5 Å². The summed E-state index contributed by atoms with van der Waals surface area (Å²) in [4.78, 5) is 27.2. The molecule has 2 amide bonds. The molecule has 0 saturated heterocycles. The van der Waals surface area contributed by atoms with Gasteiger partial charge in [-0.15, -0.1) is 0 Å². The van der Waals surface area contributed by atoms with E-state index in [1.54, 1.807) is 12.1 Å². The van der Waals surface area contributed by atoms with Gasteiger partial charge in [0.1, 0.15) is 4.60 Å². The number of hydrogen-bond donors (Lipinski definition) is 2. The number of nitrogens with zero attached hydrogens (tertiary/aromatic N) is 1. The number of amides is 2. The maximum Gasteiger partial charge on any atom is 0.251 e. The van der Waals surface area contributed by atoms with Crippen LogP contribution in [0.4, 0.5) is 0 Å². The Balaban J connectivity index is 2.49. The fourth-order valence-electron chi connectivity index (χ4n) is 1.27. The monoisotopic (exact) mass is 313 g/mol. The minimum Gasteiger partial charge on any atom is -0.350 e. The summed E-state index contributed by atoms with van der Waals surface area (Å²) in [5.41, 5.74) is 0.155. The first kappa shape index (κ1) is 14.6. The van der Waals surface area contributed by atoms with Gasteiger partial charge >= 0.3 is 0 Å². The predicted molar refractivity (Wildman–Crippen MR) is 72.2 cm³/mol. The number of carbonyl (C=O) groups is 2. The van der Waals surface area contributed by atoms with E-state index in [4.69, 9.17) is 0 Å². The Morgan fingerprint density at radius 1 is 1.39 bits per heavy atom.